The van der Waals surface area contributed by atoms with Gasteiger partial charge in [0.05, 0.1) is 5.69 Å². The summed E-state index contributed by atoms with van der Waals surface area (Å²) in [7, 11) is 3.98. The molecule has 0 radical (unpaired) electrons. The molecule has 0 atom stereocenters. The summed E-state index contributed by atoms with van der Waals surface area (Å²) in [4.78, 5) is 8.90. The first kappa shape index (κ1) is 12.9. The van der Waals surface area contributed by atoms with Crippen LogP contribution in [0.25, 0.3) is 5.69 Å². The van der Waals surface area contributed by atoms with Crippen LogP contribution in [0.2, 0.25) is 0 Å². The number of hydrogen-bond donors (Lipinski definition) is 1. The third-order valence-corrected chi connectivity index (χ3v) is 3.38. The van der Waals surface area contributed by atoms with Gasteiger partial charge in [0, 0.05) is 40.3 Å². The Morgan fingerprint density at radius 2 is 1.80 bits per heavy atom. The van der Waals surface area contributed by atoms with Gasteiger partial charge in [-0.25, -0.2) is 0 Å². The van der Waals surface area contributed by atoms with Crippen molar-refractivity contribution < 1.29 is 0 Å². The molecule has 1 fully saturated rings. The molecule has 106 valence electrons. The van der Waals surface area contributed by atoms with E-state index in [0.29, 0.717) is 0 Å². The van der Waals surface area contributed by atoms with Crippen LogP contribution in [-0.2, 0) is 0 Å². The summed E-state index contributed by atoms with van der Waals surface area (Å²) in [6, 6.07) is 10.1. The quantitative estimate of drug-likeness (QED) is 0.893. The summed E-state index contributed by atoms with van der Waals surface area (Å²) < 4.78 is 1.90. The molecular formula is C14H20N6. The van der Waals surface area contributed by atoms with E-state index in [2.05, 4.69) is 20.3 Å². The van der Waals surface area contributed by atoms with Crippen LogP contribution >= 0.6 is 0 Å². The molecule has 6 heteroatoms. The number of nitrogens with one attached hydrogen (secondary N) is 1. The zero-order valence-corrected chi connectivity index (χ0v) is 12.0. The average molecular weight is 272 g/mol. The second-order valence-corrected chi connectivity index (χ2v) is 5.09. The van der Waals surface area contributed by atoms with E-state index >= 15 is 0 Å². The zero-order valence-electron chi connectivity index (χ0n) is 12.0. The van der Waals surface area contributed by atoms with Crippen LogP contribution in [0.3, 0.4) is 0 Å². The highest BCUT2D eigenvalue weighted by Gasteiger charge is 2.19. The molecule has 0 saturated carbocycles. The Hall–Kier alpha value is -2.08. The molecule has 0 unspecified atom stereocenters. The summed E-state index contributed by atoms with van der Waals surface area (Å²) in [5.74, 6) is 1.66. The minimum atomic E-state index is 0.805. The number of para-hydroxylation sites is 1. The second kappa shape index (κ2) is 5.50. The molecule has 3 rings (SSSR count). The van der Waals surface area contributed by atoms with E-state index in [4.69, 9.17) is 0 Å². The molecule has 2 aromatic rings. The molecule has 2 heterocycles. The van der Waals surface area contributed by atoms with E-state index in [-0.39, 0.29) is 0 Å². The molecule has 0 amide bonds. The lowest BCUT2D eigenvalue weighted by molar-refractivity contribution is 0.579. The highest BCUT2D eigenvalue weighted by molar-refractivity contribution is 5.46. The van der Waals surface area contributed by atoms with Crippen LogP contribution in [0, 0.1) is 0 Å². The number of rotatable bonds is 3. The first-order chi connectivity index (χ1) is 9.75. The third-order valence-electron chi connectivity index (χ3n) is 3.38. The van der Waals surface area contributed by atoms with Crippen molar-refractivity contribution in [1.82, 2.24) is 20.1 Å². The topological polar surface area (TPSA) is 49.2 Å². The van der Waals surface area contributed by atoms with Gasteiger partial charge in [-0.2, -0.15) is 9.67 Å². The predicted octanol–water partition coefficient (Wildman–Crippen LogP) is 0.743. The van der Waals surface area contributed by atoms with Crippen LogP contribution in [0.15, 0.2) is 30.3 Å². The molecule has 0 spiro atoms. The number of nitrogens with zero attached hydrogens (tertiary/aromatic N) is 5. The van der Waals surface area contributed by atoms with Crippen molar-refractivity contribution >= 4 is 11.9 Å². The van der Waals surface area contributed by atoms with Gasteiger partial charge >= 0.3 is 0 Å². The number of hydrogen-bond acceptors (Lipinski definition) is 5. The third kappa shape index (κ3) is 2.46. The molecule has 1 aromatic carbocycles. The molecule has 20 heavy (non-hydrogen) atoms. The van der Waals surface area contributed by atoms with Crippen molar-refractivity contribution in [3.05, 3.63) is 30.3 Å². The van der Waals surface area contributed by atoms with Gasteiger partial charge in [-0.15, -0.1) is 5.10 Å². The minimum Gasteiger partial charge on any atom is -0.347 e. The van der Waals surface area contributed by atoms with Gasteiger partial charge in [-0.3, -0.25) is 0 Å². The Morgan fingerprint density at radius 1 is 1.10 bits per heavy atom. The molecule has 1 aliphatic rings. The number of piperazine rings is 1. The van der Waals surface area contributed by atoms with E-state index in [1.165, 1.54) is 0 Å². The minimum absolute atomic E-state index is 0.805. The standard InChI is InChI=1S/C14H20N6/c1-18(2)14-16-13(19-10-8-15-9-11-19)17-20(14)12-6-4-3-5-7-12/h3-7,15H,8-11H2,1-2H3. The fourth-order valence-corrected chi connectivity index (χ4v) is 2.32. The Balaban J connectivity index is 1.98. The summed E-state index contributed by atoms with van der Waals surface area (Å²) in [6.07, 6.45) is 0. The van der Waals surface area contributed by atoms with Crippen LogP contribution in [0.1, 0.15) is 0 Å². The van der Waals surface area contributed by atoms with Crippen molar-refractivity contribution in [2.45, 2.75) is 0 Å². The molecule has 0 bridgehead atoms. The van der Waals surface area contributed by atoms with E-state index in [9.17, 15) is 0 Å². The molecule has 1 N–H and O–H groups in total. The summed E-state index contributed by atoms with van der Waals surface area (Å²) in [5, 5.41) is 8.03. The van der Waals surface area contributed by atoms with Crippen molar-refractivity contribution in [3.63, 3.8) is 0 Å². The normalized spacial score (nSPS) is 15.4. The molecule has 1 aromatic heterocycles. The lowest BCUT2D eigenvalue weighted by Crippen LogP contribution is -2.44. The average Bonchev–Trinajstić information content (AvgIpc) is 2.94. The van der Waals surface area contributed by atoms with Crippen molar-refractivity contribution in [2.24, 2.45) is 0 Å². The Morgan fingerprint density at radius 3 is 2.45 bits per heavy atom. The Bertz CT molecular complexity index is 556. The number of aromatic nitrogens is 3. The van der Waals surface area contributed by atoms with Gasteiger partial charge in [0.15, 0.2) is 0 Å². The molecular weight excluding hydrogens is 252 g/mol. The fraction of sp³-hybridized carbons (Fsp3) is 0.429. The Kier molecular flexibility index (Phi) is 3.56. The van der Waals surface area contributed by atoms with Gasteiger partial charge in [0.2, 0.25) is 11.9 Å². The van der Waals surface area contributed by atoms with Gasteiger partial charge in [-0.05, 0) is 12.1 Å². The van der Waals surface area contributed by atoms with E-state index in [1.54, 1.807) is 0 Å². The van der Waals surface area contributed by atoms with Crippen LogP contribution in [0.5, 0.6) is 0 Å². The first-order valence-corrected chi connectivity index (χ1v) is 6.91. The molecule has 6 nitrogen and oxygen atoms in total. The predicted molar refractivity (Wildman–Crippen MR) is 80.8 cm³/mol. The highest BCUT2D eigenvalue weighted by Crippen LogP contribution is 2.20. The zero-order chi connectivity index (χ0) is 13.9. The van der Waals surface area contributed by atoms with Gasteiger partial charge < -0.3 is 15.1 Å². The van der Waals surface area contributed by atoms with Crippen LogP contribution in [-0.4, -0.2) is 55.0 Å². The van der Waals surface area contributed by atoms with Gasteiger partial charge in [0.1, 0.15) is 0 Å². The van der Waals surface area contributed by atoms with Gasteiger partial charge in [0.25, 0.3) is 0 Å². The van der Waals surface area contributed by atoms with Crippen LogP contribution in [0.4, 0.5) is 11.9 Å². The highest BCUT2D eigenvalue weighted by atomic mass is 15.5. The lowest BCUT2D eigenvalue weighted by Gasteiger charge is -2.25. The van der Waals surface area contributed by atoms with Crippen molar-refractivity contribution in [3.8, 4) is 5.69 Å². The maximum atomic E-state index is 4.69. The number of benzene rings is 1. The molecule has 0 aliphatic carbocycles. The second-order valence-electron chi connectivity index (χ2n) is 5.09. The smallest absolute Gasteiger partial charge is 0.247 e. The van der Waals surface area contributed by atoms with E-state index in [1.807, 2.05) is 54.0 Å². The first-order valence-electron chi connectivity index (χ1n) is 6.91. The SMILES string of the molecule is CN(C)c1nc(N2CCNCC2)nn1-c1ccccc1. The van der Waals surface area contributed by atoms with Crippen molar-refractivity contribution in [1.29, 1.82) is 0 Å². The maximum Gasteiger partial charge on any atom is 0.247 e. The molecule has 1 aliphatic heterocycles. The Labute approximate surface area is 119 Å². The van der Waals surface area contributed by atoms with Crippen LogP contribution < -0.4 is 15.1 Å². The summed E-state index contributed by atoms with van der Waals surface area (Å²) >= 11 is 0. The monoisotopic (exact) mass is 272 g/mol. The largest absolute Gasteiger partial charge is 0.347 e. The maximum absolute atomic E-state index is 4.69. The van der Waals surface area contributed by atoms with Crippen molar-refractivity contribution in [2.75, 3.05) is 50.1 Å². The summed E-state index contributed by atoms with van der Waals surface area (Å²) in [5.41, 5.74) is 1.03. The van der Waals surface area contributed by atoms with E-state index < -0.39 is 0 Å². The lowest BCUT2D eigenvalue weighted by atomic mass is 10.3. The van der Waals surface area contributed by atoms with E-state index in [0.717, 1.165) is 43.8 Å². The summed E-state index contributed by atoms with van der Waals surface area (Å²) in [6.45, 7) is 3.87. The number of anilines is 2. The fourth-order valence-electron chi connectivity index (χ4n) is 2.32. The molecule has 1 saturated heterocycles. The van der Waals surface area contributed by atoms with Gasteiger partial charge in [-0.1, -0.05) is 18.2 Å².